The second-order valence-corrected chi connectivity index (χ2v) is 5.51. The lowest BCUT2D eigenvalue weighted by atomic mass is 10.1. The predicted octanol–water partition coefficient (Wildman–Crippen LogP) is 3.84. The summed E-state index contributed by atoms with van der Waals surface area (Å²) in [5.74, 6) is 0.0137. The number of ether oxygens (including phenoxy) is 2. The Bertz CT molecular complexity index is 728. The van der Waals surface area contributed by atoms with Gasteiger partial charge >= 0.3 is 5.97 Å². The predicted molar refractivity (Wildman–Crippen MR) is 92.7 cm³/mol. The zero-order valence-electron chi connectivity index (χ0n) is 13.5. The second-order valence-electron chi connectivity index (χ2n) is 5.07. The molecule has 0 atom stereocenters. The molecule has 0 aromatic heterocycles. The van der Waals surface area contributed by atoms with Gasteiger partial charge in [-0.2, -0.15) is 0 Å². The number of anilines is 1. The third-order valence-electron chi connectivity index (χ3n) is 3.42. The molecule has 0 unspecified atom stereocenters. The Labute approximate surface area is 145 Å². The molecule has 0 aliphatic carbocycles. The topological polar surface area (TPSA) is 64.6 Å². The third kappa shape index (κ3) is 4.73. The molecule has 0 aliphatic rings. The monoisotopic (exact) mass is 347 g/mol. The number of carbonyl (C=O) groups is 2. The van der Waals surface area contributed by atoms with Gasteiger partial charge in [-0.15, -0.1) is 0 Å². The normalized spacial score (nSPS) is 10.1. The average molecular weight is 348 g/mol. The van der Waals surface area contributed by atoms with Crippen molar-refractivity contribution in [2.45, 2.75) is 13.3 Å². The van der Waals surface area contributed by atoms with Crippen LogP contribution in [0.25, 0.3) is 0 Å². The molecule has 2 rings (SSSR count). The van der Waals surface area contributed by atoms with Crippen molar-refractivity contribution >= 4 is 29.2 Å². The van der Waals surface area contributed by atoms with Crippen LogP contribution in [-0.4, -0.2) is 25.6 Å². The lowest BCUT2D eigenvalue weighted by Gasteiger charge is -2.12. The molecule has 0 spiro atoms. The van der Waals surface area contributed by atoms with Crippen molar-refractivity contribution in [3.05, 3.63) is 58.6 Å². The maximum atomic E-state index is 12.0. The van der Waals surface area contributed by atoms with E-state index in [-0.39, 0.29) is 18.9 Å². The standard InChI is InChI=1S/C18H18ClNO4/c1-12-15(18(22)23-2)4-3-5-16(12)20-17(21)10-11-24-14-8-6-13(19)7-9-14/h3-9H,10-11H2,1-2H3,(H,20,21). The van der Waals surface area contributed by atoms with E-state index >= 15 is 0 Å². The van der Waals surface area contributed by atoms with Crippen LogP contribution in [0.5, 0.6) is 5.75 Å². The SMILES string of the molecule is COC(=O)c1cccc(NC(=O)CCOc2ccc(Cl)cc2)c1C. The Morgan fingerprint density at radius 1 is 1.12 bits per heavy atom. The van der Waals surface area contributed by atoms with Gasteiger partial charge in [-0.05, 0) is 48.9 Å². The number of amides is 1. The molecule has 0 bridgehead atoms. The highest BCUT2D eigenvalue weighted by Crippen LogP contribution is 2.20. The second kappa shape index (κ2) is 8.36. The van der Waals surface area contributed by atoms with Gasteiger partial charge in [0.1, 0.15) is 5.75 Å². The van der Waals surface area contributed by atoms with E-state index in [4.69, 9.17) is 21.1 Å². The summed E-state index contributed by atoms with van der Waals surface area (Å²) in [7, 11) is 1.32. The molecule has 0 radical (unpaired) electrons. The zero-order valence-corrected chi connectivity index (χ0v) is 14.2. The molecule has 24 heavy (non-hydrogen) atoms. The number of methoxy groups -OCH3 is 1. The summed E-state index contributed by atoms with van der Waals surface area (Å²) < 4.78 is 10.2. The van der Waals surface area contributed by atoms with Crippen LogP contribution in [-0.2, 0) is 9.53 Å². The summed E-state index contributed by atoms with van der Waals surface area (Å²) in [5, 5.41) is 3.40. The van der Waals surface area contributed by atoms with E-state index in [1.165, 1.54) is 7.11 Å². The van der Waals surface area contributed by atoms with Crippen LogP contribution in [0.3, 0.4) is 0 Å². The lowest BCUT2D eigenvalue weighted by molar-refractivity contribution is -0.116. The van der Waals surface area contributed by atoms with Crippen LogP contribution in [0, 0.1) is 6.92 Å². The average Bonchev–Trinajstić information content (AvgIpc) is 2.58. The summed E-state index contributed by atoms with van der Waals surface area (Å²) in [6.07, 6.45) is 0.185. The molecule has 0 aliphatic heterocycles. The minimum absolute atomic E-state index is 0.185. The highest BCUT2D eigenvalue weighted by Gasteiger charge is 2.13. The van der Waals surface area contributed by atoms with Gasteiger partial charge in [0.25, 0.3) is 0 Å². The summed E-state index contributed by atoms with van der Waals surface area (Å²) in [6, 6.07) is 12.0. The molecule has 1 amide bonds. The van der Waals surface area contributed by atoms with Crippen molar-refractivity contribution in [3.8, 4) is 5.75 Å². The first kappa shape index (κ1) is 17.8. The first-order valence-electron chi connectivity index (χ1n) is 7.37. The van der Waals surface area contributed by atoms with Crippen LogP contribution >= 0.6 is 11.6 Å². The van der Waals surface area contributed by atoms with E-state index in [0.717, 1.165) is 0 Å². The first-order chi connectivity index (χ1) is 11.5. The van der Waals surface area contributed by atoms with Crippen LogP contribution in [0.4, 0.5) is 5.69 Å². The highest BCUT2D eigenvalue weighted by molar-refractivity contribution is 6.30. The van der Waals surface area contributed by atoms with Crippen LogP contribution in [0.2, 0.25) is 5.02 Å². The number of carbonyl (C=O) groups excluding carboxylic acids is 2. The fourth-order valence-corrected chi connectivity index (χ4v) is 2.23. The fraction of sp³-hybridized carbons (Fsp3) is 0.222. The molecule has 0 heterocycles. The van der Waals surface area contributed by atoms with Crippen molar-refractivity contribution in [1.82, 2.24) is 0 Å². The number of halogens is 1. The van der Waals surface area contributed by atoms with Crippen molar-refractivity contribution in [2.24, 2.45) is 0 Å². The van der Waals surface area contributed by atoms with E-state index in [9.17, 15) is 9.59 Å². The third-order valence-corrected chi connectivity index (χ3v) is 3.68. The van der Waals surface area contributed by atoms with Gasteiger partial charge < -0.3 is 14.8 Å². The van der Waals surface area contributed by atoms with Gasteiger partial charge in [0.15, 0.2) is 0 Å². The van der Waals surface area contributed by atoms with Crippen molar-refractivity contribution in [3.63, 3.8) is 0 Å². The number of benzene rings is 2. The molecule has 6 heteroatoms. The molecule has 2 aromatic rings. The van der Waals surface area contributed by atoms with Crippen LogP contribution in [0.1, 0.15) is 22.3 Å². The Balaban J connectivity index is 1.90. The number of hydrogen-bond donors (Lipinski definition) is 1. The molecular formula is C18H18ClNO4. The van der Waals surface area contributed by atoms with Crippen molar-refractivity contribution in [1.29, 1.82) is 0 Å². The molecular weight excluding hydrogens is 330 g/mol. The van der Waals surface area contributed by atoms with Gasteiger partial charge in [-0.25, -0.2) is 4.79 Å². The molecule has 1 N–H and O–H groups in total. The van der Waals surface area contributed by atoms with Crippen LogP contribution < -0.4 is 10.1 Å². The number of esters is 1. The van der Waals surface area contributed by atoms with Gasteiger partial charge in [-0.1, -0.05) is 17.7 Å². The summed E-state index contributed by atoms with van der Waals surface area (Å²) in [5.41, 5.74) is 1.67. The van der Waals surface area contributed by atoms with E-state index in [0.29, 0.717) is 27.6 Å². The quantitative estimate of drug-likeness (QED) is 0.806. The van der Waals surface area contributed by atoms with Crippen molar-refractivity contribution < 1.29 is 19.1 Å². The molecule has 0 saturated carbocycles. The summed E-state index contributed by atoms with van der Waals surface area (Å²) in [4.78, 5) is 23.7. The number of rotatable bonds is 6. The van der Waals surface area contributed by atoms with Gasteiger partial charge in [0.05, 0.1) is 25.7 Å². The lowest BCUT2D eigenvalue weighted by Crippen LogP contribution is -2.16. The molecule has 126 valence electrons. The van der Waals surface area contributed by atoms with Crippen molar-refractivity contribution in [2.75, 3.05) is 19.0 Å². The maximum absolute atomic E-state index is 12.0. The van der Waals surface area contributed by atoms with Gasteiger partial charge in [-0.3, -0.25) is 4.79 Å². The zero-order chi connectivity index (χ0) is 17.5. The smallest absolute Gasteiger partial charge is 0.338 e. The van der Waals surface area contributed by atoms with Gasteiger partial charge in [0, 0.05) is 10.7 Å². The van der Waals surface area contributed by atoms with E-state index in [2.05, 4.69) is 5.32 Å². The van der Waals surface area contributed by atoms with Gasteiger partial charge in [0.2, 0.25) is 5.91 Å². The minimum atomic E-state index is -0.435. The Morgan fingerprint density at radius 3 is 2.50 bits per heavy atom. The largest absolute Gasteiger partial charge is 0.493 e. The summed E-state index contributed by atoms with van der Waals surface area (Å²) in [6.45, 7) is 2.00. The minimum Gasteiger partial charge on any atom is -0.493 e. The molecule has 2 aromatic carbocycles. The fourth-order valence-electron chi connectivity index (χ4n) is 2.11. The summed E-state index contributed by atoms with van der Waals surface area (Å²) >= 11 is 5.79. The molecule has 0 saturated heterocycles. The number of nitrogens with one attached hydrogen (secondary N) is 1. The van der Waals surface area contributed by atoms with E-state index in [1.807, 2.05) is 0 Å². The Kier molecular flexibility index (Phi) is 6.21. The first-order valence-corrected chi connectivity index (χ1v) is 7.75. The molecule has 0 fully saturated rings. The van der Waals surface area contributed by atoms with E-state index < -0.39 is 5.97 Å². The Morgan fingerprint density at radius 2 is 1.83 bits per heavy atom. The van der Waals surface area contributed by atoms with Crippen LogP contribution in [0.15, 0.2) is 42.5 Å². The molecule has 5 nitrogen and oxygen atoms in total. The van der Waals surface area contributed by atoms with E-state index in [1.54, 1.807) is 49.4 Å². The Hall–Kier alpha value is -2.53. The maximum Gasteiger partial charge on any atom is 0.338 e. The highest BCUT2D eigenvalue weighted by atomic mass is 35.5. The number of hydrogen-bond acceptors (Lipinski definition) is 4.